The highest BCUT2D eigenvalue weighted by molar-refractivity contribution is 8.00. The average Bonchev–Trinajstić information content (AvgIpc) is 2.51. The number of imide groups is 1. The summed E-state index contributed by atoms with van der Waals surface area (Å²) >= 11 is 0.745. The molecule has 2 N–H and O–H groups in total. The van der Waals surface area contributed by atoms with E-state index in [4.69, 9.17) is 0 Å². The van der Waals surface area contributed by atoms with Gasteiger partial charge in [-0.15, -0.1) is 11.8 Å². The fraction of sp³-hybridized carbons (Fsp3) is 0.357. The van der Waals surface area contributed by atoms with Crippen LogP contribution in [0.25, 0.3) is 0 Å². The third-order valence-corrected chi connectivity index (χ3v) is 3.40. The smallest absolute Gasteiger partial charge is 0.321 e. The molecule has 1 rings (SSSR count). The summed E-state index contributed by atoms with van der Waals surface area (Å²) in [7, 11) is 0. The monoisotopic (exact) mass is 346 g/mol. The van der Waals surface area contributed by atoms with E-state index < -0.39 is 36.1 Å². The number of rotatable bonds is 7. The van der Waals surface area contributed by atoms with Crippen molar-refractivity contribution >= 4 is 29.7 Å². The molecule has 1 aromatic rings. The summed E-state index contributed by atoms with van der Waals surface area (Å²) in [4.78, 5) is 33.9. The maximum atomic E-state index is 13.3. The Morgan fingerprint density at radius 2 is 2.00 bits per heavy atom. The zero-order chi connectivity index (χ0) is 17.2. The number of benzene rings is 1. The zero-order valence-electron chi connectivity index (χ0n) is 12.4. The molecular formula is C14H16F2N2O4S. The van der Waals surface area contributed by atoms with Crippen molar-refractivity contribution in [3.05, 3.63) is 29.8 Å². The molecule has 0 heterocycles. The van der Waals surface area contributed by atoms with Gasteiger partial charge in [0.2, 0.25) is 0 Å². The van der Waals surface area contributed by atoms with Crippen molar-refractivity contribution in [1.29, 1.82) is 0 Å². The van der Waals surface area contributed by atoms with Crippen molar-refractivity contribution in [2.45, 2.75) is 18.2 Å². The van der Waals surface area contributed by atoms with E-state index in [0.717, 1.165) is 30.0 Å². The molecule has 0 radical (unpaired) electrons. The van der Waals surface area contributed by atoms with Crippen LogP contribution in [0, 0.1) is 11.6 Å². The van der Waals surface area contributed by atoms with E-state index in [1.165, 1.54) is 0 Å². The van der Waals surface area contributed by atoms with Gasteiger partial charge in [0.15, 0.2) is 6.61 Å². The van der Waals surface area contributed by atoms with Crippen LogP contribution in [-0.4, -0.2) is 36.8 Å². The molecule has 0 saturated heterocycles. The number of halogens is 2. The first kappa shape index (κ1) is 18.9. The molecule has 0 atom stereocenters. The van der Waals surface area contributed by atoms with Crippen molar-refractivity contribution in [2.24, 2.45) is 0 Å². The first-order valence-electron chi connectivity index (χ1n) is 6.73. The third kappa shape index (κ3) is 7.59. The van der Waals surface area contributed by atoms with Gasteiger partial charge in [-0.05, 0) is 24.6 Å². The van der Waals surface area contributed by atoms with Crippen molar-refractivity contribution in [2.75, 3.05) is 18.9 Å². The van der Waals surface area contributed by atoms with Gasteiger partial charge in [-0.1, -0.05) is 6.92 Å². The molecule has 0 saturated carbocycles. The van der Waals surface area contributed by atoms with Gasteiger partial charge < -0.3 is 10.1 Å². The van der Waals surface area contributed by atoms with Crippen LogP contribution in [0.3, 0.4) is 0 Å². The molecule has 23 heavy (non-hydrogen) atoms. The van der Waals surface area contributed by atoms with Gasteiger partial charge in [-0.2, -0.15) is 0 Å². The lowest BCUT2D eigenvalue weighted by molar-refractivity contribution is -0.145. The van der Waals surface area contributed by atoms with Crippen LogP contribution >= 0.6 is 11.8 Å². The Morgan fingerprint density at radius 1 is 1.26 bits per heavy atom. The summed E-state index contributed by atoms with van der Waals surface area (Å²) < 4.78 is 30.9. The van der Waals surface area contributed by atoms with Crippen LogP contribution in [-0.2, 0) is 14.3 Å². The number of hydrogen-bond acceptors (Lipinski definition) is 5. The predicted octanol–water partition coefficient (Wildman–Crippen LogP) is 1.84. The van der Waals surface area contributed by atoms with Crippen LogP contribution in [0.5, 0.6) is 0 Å². The lowest BCUT2D eigenvalue weighted by atomic mass is 10.3. The summed E-state index contributed by atoms with van der Waals surface area (Å²) in [6.07, 6.45) is 0.713. The zero-order valence-corrected chi connectivity index (χ0v) is 13.2. The second kappa shape index (κ2) is 9.78. The Balaban J connectivity index is 2.30. The quantitative estimate of drug-likeness (QED) is 0.581. The molecule has 3 amide bonds. The summed E-state index contributed by atoms with van der Waals surface area (Å²) in [5.41, 5.74) is 0. The number of ether oxygens (including phenoxy) is 1. The minimum Gasteiger partial charge on any atom is -0.455 e. The van der Waals surface area contributed by atoms with Crippen molar-refractivity contribution in [3.63, 3.8) is 0 Å². The summed E-state index contributed by atoms with van der Waals surface area (Å²) in [6, 6.07) is 2.19. The van der Waals surface area contributed by atoms with Crippen LogP contribution in [0.2, 0.25) is 0 Å². The molecule has 0 unspecified atom stereocenters. The standard InChI is InChI=1S/C14H16F2N2O4S/c1-2-5-17-14(21)18-12(19)7-22-13(20)8-23-11-6-9(15)3-4-10(11)16/h3-4,6H,2,5,7-8H2,1H3,(H2,17,18,19,21). The van der Waals surface area contributed by atoms with Gasteiger partial charge in [-0.25, -0.2) is 13.6 Å². The van der Waals surface area contributed by atoms with E-state index in [1.807, 2.05) is 12.2 Å². The number of carbonyl (C=O) groups excluding carboxylic acids is 3. The molecule has 6 nitrogen and oxygen atoms in total. The molecule has 126 valence electrons. The van der Waals surface area contributed by atoms with E-state index in [2.05, 4.69) is 10.1 Å². The van der Waals surface area contributed by atoms with E-state index >= 15 is 0 Å². The highest BCUT2D eigenvalue weighted by Crippen LogP contribution is 2.22. The summed E-state index contributed by atoms with van der Waals surface area (Å²) in [5, 5.41) is 4.39. The fourth-order valence-corrected chi connectivity index (χ4v) is 2.12. The number of carbonyl (C=O) groups is 3. The highest BCUT2D eigenvalue weighted by Gasteiger charge is 2.12. The molecule has 0 fully saturated rings. The lowest BCUT2D eigenvalue weighted by Gasteiger charge is -2.07. The number of urea groups is 1. The molecule has 0 aliphatic carbocycles. The Bertz CT molecular complexity index is 584. The van der Waals surface area contributed by atoms with Gasteiger partial charge in [0, 0.05) is 11.4 Å². The molecule has 1 aromatic carbocycles. The topological polar surface area (TPSA) is 84.5 Å². The van der Waals surface area contributed by atoms with E-state index in [1.54, 1.807) is 0 Å². The van der Waals surface area contributed by atoms with Crippen molar-refractivity contribution in [1.82, 2.24) is 10.6 Å². The third-order valence-electron chi connectivity index (χ3n) is 2.39. The maximum Gasteiger partial charge on any atom is 0.321 e. The maximum absolute atomic E-state index is 13.3. The molecule has 0 aliphatic heterocycles. The molecule has 0 spiro atoms. The Morgan fingerprint density at radius 3 is 2.70 bits per heavy atom. The second-order valence-corrected chi connectivity index (χ2v) is 5.35. The number of amides is 3. The van der Waals surface area contributed by atoms with Crippen molar-refractivity contribution < 1.29 is 27.9 Å². The molecule has 0 aromatic heterocycles. The minimum atomic E-state index is -0.789. The lowest BCUT2D eigenvalue weighted by Crippen LogP contribution is -2.41. The summed E-state index contributed by atoms with van der Waals surface area (Å²) in [5.74, 6) is -3.15. The molecule has 0 bridgehead atoms. The SMILES string of the molecule is CCCNC(=O)NC(=O)COC(=O)CSc1cc(F)ccc1F. The average molecular weight is 346 g/mol. The second-order valence-electron chi connectivity index (χ2n) is 4.33. The Kier molecular flexibility index (Phi) is 8.03. The first-order valence-corrected chi connectivity index (χ1v) is 7.72. The van der Waals surface area contributed by atoms with Crippen LogP contribution in [0.4, 0.5) is 13.6 Å². The predicted molar refractivity (Wildman–Crippen MR) is 79.9 cm³/mol. The van der Waals surface area contributed by atoms with E-state index in [0.29, 0.717) is 13.0 Å². The number of hydrogen-bond donors (Lipinski definition) is 2. The number of esters is 1. The normalized spacial score (nSPS) is 10.0. The Hall–Kier alpha value is -2.16. The van der Waals surface area contributed by atoms with Crippen LogP contribution in [0.15, 0.2) is 23.1 Å². The Labute approximate surface area is 136 Å². The molecule has 0 aliphatic rings. The van der Waals surface area contributed by atoms with Gasteiger partial charge >= 0.3 is 12.0 Å². The van der Waals surface area contributed by atoms with Gasteiger partial charge in [-0.3, -0.25) is 14.9 Å². The largest absolute Gasteiger partial charge is 0.455 e. The van der Waals surface area contributed by atoms with Gasteiger partial charge in [0.05, 0.1) is 5.75 Å². The number of nitrogens with one attached hydrogen (secondary N) is 2. The number of thioether (sulfide) groups is 1. The summed E-state index contributed by atoms with van der Waals surface area (Å²) in [6.45, 7) is 1.63. The van der Waals surface area contributed by atoms with E-state index in [-0.39, 0.29) is 10.6 Å². The molecule has 9 heteroatoms. The van der Waals surface area contributed by atoms with Crippen molar-refractivity contribution in [3.8, 4) is 0 Å². The van der Waals surface area contributed by atoms with Crippen LogP contribution in [0.1, 0.15) is 13.3 Å². The van der Waals surface area contributed by atoms with Crippen LogP contribution < -0.4 is 10.6 Å². The van der Waals surface area contributed by atoms with E-state index in [9.17, 15) is 23.2 Å². The van der Waals surface area contributed by atoms with Gasteiger partial charge in [0.1, 0.15) is 11.6 Å². The minimum absolute atomic E-state index is 0.0367. The fourth-order valence-electron chi connectivity index (χ4n) is 1.36. The van der Waals surface area contributed by atoms with Gasteiger partial charge in [0.25, 0.3) is 5.91 Å². The first-order chi connectivity index (χ1) is 10.9. The molecular weight excluding hydrogens is 330 g/mol. The highest BCUT2D eigenvalue weighted by atomic mass is 32.2.